The molecular formula is C19H19BrN2O2. The van der Waals surface area contributed by atoms with Crippen LogP contribution in [-0.4, -0.2) is 29.3 Å². The molecule has 0 unspecified atom stereocenters. The van der Waals surface area contributed by atoms with Crippen LogP contribution >= 0.6 is 15.9 Å². The number of halogens is 1. The van der Waals surface area contributed by atoms with Crippen molar-refractivity contribution in [3.63, 3.8) is 0 Å². The summed E-state index contributed by atoms with van der Waals surface area (Å²) in [5.41, 5.74) is 3.03. The molecule has 0 aliphatic carbocycles. The predicted octanol–water partition coefficient (Wildman–Crippen LogP) is 3.15. The molecule has 3 rings (SSSR count). The van der Waals surface area contributed by atoms with Crippen molar-refractivity contribution in [2.75, 3.05) is 6.54 Å². The van der Waals surface area contributed by atoms with Gasteiger partial charge in [-0.25, -0.2) is 0 Å². The minimum Gasteiger partial charge on any atom is -0.341 e. The van der Waals surface area contributed by atoms with Gasteiger partial charge in [-0.3, -0.25) is 9.59 Å². The Morgan fingerprint density at radius 2 is 1.75 bits per heavy atom. The topological polar surface area (TPSA) is 49.4 Å². The monoisotopic (exact) mass is 386 g/mol. The zero-order chi connectivity index (χ0) is 17.1. The van der Waals surface area contributed by atoms with Gasteiger partial charge in [-0.2, -0.15) is 0 Å². The van der Waals surface area contributed by atoms with Crippen molar-refractivity contribution < 1.29 is 9.59 Å². The lowest BCUT2D eigenvalue weighted by atomic mass is 9.99. The first-order chi connectivity index (χ1) is 11.5. The fourth-order valence-electron chi connectivity index (χ4n) is 2.90. The van der Waals surface area contributed by atoms with Gasteiger partial charge in [-0.15, -0.1) is 0 Å². The molecule has 1 N–H and O–H groups in total. The zero-order valence-electron chi connectivity index (χ0n) is 13.5. The normalized spacial score (nSPS) is 14.7. The number of carbonyl (C=O) groups is 2. The van der Waals surface area contributed by atoms with Gasteiger partial charge in [0, 0.05) is 23.1 Å². The first kappa shape index (κ1) is 16.7. The third-order valence-electron chi connectivity index (χ3n) is 4.27. The second kappa shape index (κ2) is 7.18. The van der Waals surface area contributed by atoms with Gasteiger partial charge in [-0.1, -0.05) is 40.2 Å². The summed E-state index contributed by atoms with van der Waals surface area (Å²) < 4.78 is 0.912. The number of amides is 2. The van der Waals surface area contributed by atoms with Gasteiger partial charge in [0.15, 0.2) is 0 Å². The summed E-state index contributed by atoms with van der Waals surface area (Å²) in [4.78, 5) is 26.7. The average molecular weight is 387 g/mol. The summed E-state index contributed by atoms with van der Waals surface area (Å²) in [5.74, 6) is -0.282. The van der Waals surface area contributed by atoms with Crippen LogP contribution in [0.3, 0.4) is 0 Å². The Kier molecular flexibility index (Phi) is 5.00. The second-order valence-corrected chi connectivity index (χ2v) is 6.90. The molecule has 1 aliphatic heterocycles. The van der Waals surface area contributed by atoms with Gasteiger partial charge in [0.05, 0.1) is 0 Å². The van der Waals surface area contributed by atoms with Crippen LogP contribution in [0.25, 0.3) is 0 Å². The molecule has 5 heteroatoms. The molecule has 1 aliphatic rings. The van der Waals surface area contributed by atoms with Crippen molar-refractivity contribution in [1.82, 2.24) is 10.2 Å². The van der Waals surface area contributed by atoms with E-state index in [1.165, 1.54) is 11.1 Å². The van der Waals surface area contributed by atoms with Crippen molar-refractivity contribution in [2.45, 2.75) is 25.9 Å². The third-order valence-corrected chi connectivity index (χ3v) is 4.80. The van der Waals surface area contributed by atoms with Crippen LogP contribution in [0.1, 0.15) is 28.4 Å². The van der Waals surface area contributed by atoms with Gasteiger partial charge in [0.2, 0.25) is 5.91 Å². The summed E-state index contributed by atoms with van der Waals surface area (Å²) in [7, 11) is 0. The lowest BCUT2D eigenvalue weighted by Crippen LogP contribution is -2.48. The second-order valence-electron chi connectivity index (χ2n) is 5.98. The Morgan fingerprint density at radius 1 is 1.08 bits per heavy atom. The van der Waals surface area contributed by atoms with Gasteiger partial charge in [0.25, 0.3) is 5.91 Å². The molecular weight excluding hydrogens is 368 g/mol. The van der Waals surface area contributed by atoms with Crippen LogP contribution in [0.2, 0.25) is 0 Å². The number of rotatable bonds is 3. The molecule has 0 bridgehead atoms. The van der Waals surface area contributed by atoms with Crippen LogP contribution in [-0.2, 0) is 17.8 Å². The molecule has 124 valence electrons. The number of fused-ring (bicyclic) bond motifs is 1. The highest BCUT2D eigenvalue weighted by Crippen LogP contribution is 2.19. The standard InChI is InChI=1S/C19H19BrN2O2/c1-13(21-18(23)15-6-8-17(20)9-7-15)19(24)22-11-10-14-4-2-3-5-16(14)12-22/h2-9,13H,10-12H2,1H3,(H,21,23)/t13-/m1/s1. The van der Waals surface area contributed by atoms with Gasteiger partial charge in [0.1, 0.15) is 6.04 Å². The van der Waals surface area contributed by atoms with Crippen molar-refractivity contribution in [3.05, 3.63) is 69.7 Å². The molecule has 2 amide bonds. The van der Waals surface area contributed by atoms with Crippen molar-refractivity contribution in [3.8, 4) is 0 Å². The van der Waals surface area contributed by atoms with Crippen molar-refractivity contribution in [2.24, 2.45) is 0 Å². The molecule has 2 aromatic carbocycles. The lowest BCUT2D eigenvalue weighted by molar-refractivity contribution is -0.133. The molecule has 0 radical (unpaired) electrons. The first-order valence-corrected chi connectivity index (χ1v) is 8.76. The summed E-state index contributed by atoms with van der Waals surface area (Å²) in [6.07, 6.45) is 0.856. The lowest BCUT2D eigenvalue weighted by Gasteiger charge is -2.31. The van der Waals surface area contributed by atoms with Crippen LogP contribution in [0.4, 0.5) is 0 Å². The first-order valence-electron chi connectivity index (χ1n) is 7.96. The van der Waals surface area contributed by atoms with E-state index < -0.39 is 6.04 Å². The van der Waals surface area contributed by atoms with E-state index in [0.29, 0.717) is 18.7 Å². The number of nitrogens with one attached hydrogen (secondary N) is 1. The Morgan fingerprint density at radius 3 is 2.46 bits per heavy atom. The van der Waals surface area contributed by atoms with Crippen molar-refractivity contribution >= 4 is 27.7 Å². The molecule has 1 heterocycles. The SMILES string of the molecule is C[C@@H](NC(=O)c1ccc(Br)cc1)C(=O)N1CCc2ccccc2C1. The zero-order valence-corrected chi connectivity index (χ0v) is 15.0. The maximum absolute atomic E-state index is 12.6. The smallest absolute Gasteiger partial charge is 0.251 e. The Labute approximate surface area is 150 Å². The quantitative estimate of drug-likeness (QED) is 0.880. The number of carbonyl (C=O) groups excluding carboxylic acids is 2. The largest absolute Gasteiger partial charge is 0.341 e. The Bertz CT molecular complexity index is 758. The number of nitrogens with zero attached hydrogens (tertiary/aromatic N) is 1. The van der Waals surface area contributed by atoms with Gasteiger partial charge < -0.3 is 10.2 Å². The van der Waals surface area contributed by atoms with Gasteiger partial charge in [-0.05, 0) is 48.7 Å². The highest BCUT2D eigenvalue weighted by molar-refractivity contribution is 9.10. The molecule has 2 aromatic rings. The fourth-order valence-corrected chi connectivity index (χ4v) is 3.17. The summed E-state index contributed by atoms with van der Waals surface area (Å²) in [6, 6.07) is 14.7. The molecule has 0 aromatic heterocycles. The molecule has 4 nitrogen and oxygen atoms in total. The summed E-state index contributed by atoms with van der Waals surface area (Å²) in [6.45, 7) is 3.03. The van der Waals surface area contributed by atoms with Crippen LogP contribution in [0, 0.1) is 0 Å². The van der Waals surface area contributed by atoms with Crippen molar-refractivity contribution in [1.29, 1.82) is 0 Å². The minimum absolute atomic E-state index is 0.0463. The van der Waals surface area contributed by atoms with E-state index in [4.69, 9.17) is 0 Å². The van der Waals surface area contributed by atoms with E-state index in [0.717, 1.165) is 10.9 Å². The van der Waals surface area contributed by atoms with Crippen LogP contribution < -0.4 is 5.32 Å². The number of hydrogen-bond acceptors (Lipinski definition) is 2. The minimum atomic E-state index is -0.550. The highest BCUT2D eigenvalue weighted by Gasteiger charge is 2.25. The molecule has 0 saturated heterocycles. The highest BCUT2D eigenvalue weighted by atomic mass is 79.9. The maximum atomic E-state index is 12.6. The summed E-state index contributed by atoms with van der Waals surface area (Å²) >= 11 is 3.34. The number of benzene rings is 2. The molecule has 0 spiro atoms. The van der Waals surface area contributed by atoms with E-state index in [1.807, 2.05) is 29.2 Å². The van der Waals surface area contributed by atoms with Crippen LogP contribution in [0.5, 0.6) is 0 Å². The molecule has 24 heavy (non-hydrogen) atoms. The average Bonchev–Trinajstić information content (AvgIpc) is 2.61. The van der Waals surface area contributed by atoms with Gasteiger partial charge >= 0.3 is 0 Å². The summed E-state index contributed by atoms with van der Waals surface area (Å²) in [5, 5.41) is 2.79. The Hall–Kier alpha value is -2.14. The van der Waals surface area contributed by atoms with E-state index in [9.17, 15) is 9.59 Å². The van der Waals surface area contributed by atoms with E-state index in [1.54, 1.807) is 19.1 Å². The Balaban J connectivity index is 1.63. The molecule has 0 saturated carbocycles. The fraction of sp³-hybridized carbons (Fsp3) is 0.263. The third kappa shape index (κ3) is 3.67. The molecule has 1 atom stereocenters. The maximum Gasteiger partial charge on any atom is 0.251 e. The van der Waals surface area contributed by atoms with E-state index in [-0.39, 0.29) is 11.8 Å². The van der Waals surface area contributed by atoms with E-state index in [2.05, 4.69) is 33.4 Å². The van der Waals surface area contributed by atoms with Crippen LogP contribution in [0.15, 0.2) is 53.0 Å². The predicted molar refractivity (Wildman–Crippen MR) is 96.6 cm³/mol. The van der Waals surface area contributed by atoms with E-state index >= 15 is 0 Å². The molecule has 0 fully saturated rings. The number of hydrogen-bond donors (Lipinski definition) is 1.